The molecule has 0 aliphatic carbocycles. The minimum absolute atomic E-state index is 0.267. The average molecular weight is 249 g/mol. The van der Waals surface area contributed by atoms with Crippen LogP contribution in [0.5, 0.6) is 5.75 Å². The van der Waals surface area contributed by atoms with Gasteiger partial charge >= 0.3 is 0 Å². The number of hydrogen-bond donors (Lipinski definition) is 1. The maximum Gasteiger partial charge on any atom is 0.121 e. The van der Waals surface area contributed by atoms with Crippen LogP contribution in [0.25, 0.3) is 0 Å². The topological polar surface area (TPSA) is 30.5 Å². The van der Waals surface area contributed by atoms with E-state index in [1.54, 1.807) is 0 Å². The fraction of sp³-hybridized carbons (Fsp3) is 0.600. The summed E-state index contributed by atoms with van der Waals surface area (Å²) in [4.78, 5) is 0. The van der Waals surface area contributed by atoms with Crippen LogP contribution in [0, 0.1) is 0 Å². The molecule has 3 nitrogen and oxygen atoms in total. The van der Waals surface area contributed by atoms with Crippen molar-refractivity contribution in [2.75, 3.05) is 18.5 Å². The molecular formula is C15H23NO2. The van der Waals surface area contributed by atoms with E-state index in [-0.39, 0.29) is 6.10 Å². The summed E-state index contributed by atoms with van der Waals surface area (Å²) in [6.07, 6.45) is 3.45. The van der Waals surface area contributed by atoms with Gasteiger partial charge in [-0.2, -0.15) is 0 Å². The second-order valence-corrected chi connectivity index (χ2v) is 4.90. The van der Waals surface area contributed by atoms with Crippen molar-refractivity contribution in [3.63, 3.8) is 0 Å². The Hall–Kier alpha value is -1.22. The lowest BCUT2D eigenvalue weighted by Gasteiger charge is -2.24. The van der Waals surface area contributed by atoms with Gasteiger partial charge in [-0.1, -0.05) is 13.0 Å². The Balaban J connectivity index is 1.93. The highest BCUT2D eigenvalue weighted by atomic mass is 16.5. The standard InChI is InChI=1S/C15H23NO2/c1-3-12(2)18-15-6-4-5-14(11-15)16-13-7-9-17-10-8-13/h4-6,11-13,16H,3,7-10H2,1-2H3. The van der Waals surface area contributed by atoms with Crippen molar-refractivity contribution < 1.29 is 9.47 Å². The first-order valence-electron chi connectivity index (χ1n) is 6.89. The Kier molecular flexibility index (Phi) is 4.88. The minimum Gasteiger partial charge on any atom is -0.491 e. The van der Waals surface area contributed by atoms with Crippen molar-refractivity contribution in [1.29, 1.82) is 0 Å². The smallest absolute Gasteiger partial charge is 0.121 e. The van der Waals surface area contributed by atoms with Crippen LogP contribution in [-0.4, -0.2) is 25.4 Å². The monoisotopic (exact) mass is 249 g/mol. The molecule has 0 amide bonds. The highest BCUT2D eigenvalue weighted by Gasteiger charge is 2.13. The summed E-state index contributed by atoms with van der Waals surface area (Å²) in [5.74, 6) is 0.946. The number of nitrogens with one attached hydrogen (secondary N) is 1. The Morgan fingerprint density at radius 3 is 2.89 bits per heavy atom. The van der Waals surface area contributed by atoms with Gasteiger partial charge in [0.25, 0.3) is 0 Å². The van der Waals surface area contributed by atoms with Gasteiger partial charge in [0.2, 0.25) is 0 Å². The van der Waals surface area contributed by atoms with Crippen molar-refractivity contribution in [3.05, 3.63) is 24.3 Å². The van der Waals surface area contributed by atoms with Crippen molar-refractivity contribution in [3.8, 4) is 5.75 Å². The summed E-state index contributed by atoms with van der Waals surface area (Å²) in [5.41, 5.74) is 1.14. The van der Waals surface area contributed by atoms with Crippen LogP contribution in [0.1, 0.15) is 33.1 Å². The molecular weight excluding hydrogens is 226 g/mol. The van der Waals surface area contributed by atoms with Gasteiger partial charge in [0.15, 0.2) is 0 Å². The summed E-state index contributed by atoms with van der Waals surface area (Å²) in [7, 11) is 0. The molecule has 3 heteroatoms. The highest BCUT2D eigenvalue weighted by molar-refractivity contribution is 5.48. The van der Waals surface area contributed by atoms with Crippen LogP contribution in [0.4, 0.5) is 5.69 Å². The molecule has 1 unspecified atom stereocenters. The maximum absolute atomic E-state index is 5.83. The van der Waals surface area contributed by atoms with E-state index < -0.39 is 0 Å². The SMILES string of the molecule is CCC(C)Oc1cccc(NC2CCOCC2)c1. The lowest BCUT2D eigenvalue weighted by atomic mass is 10.1. The number of anilines is 1. The quantitative estimate of drug-likeness (QED) is 0.867. The van der Waals surface area contributed by atoms with Gasteiger partial charge < -0.3 is 14.8 Å². The van der Waals surface area contributed by atoms with Crippen molar-refractivity contribution in [1.82, 2.24) is 0 Å². The van der Waals surface area contributed by atoms with Crippen LogP contribution in [-0.2, 0) is 4.74 Å². The average Bonchev–Trinajstić information content (AvgIpc) is 2.40. The van der Waals surface area contributed by atoms with Crippen LogP contribution < -0.4 is 10.1 Å². The molecule has 100 valence electrons. The molecule has 1 aliphatic heterocycles. The predicted molar refractivity (Wildman–Crippen MR) is 74.3 cm³/mol. The van der Waals surface area contributed by atoms with Gasteiger partial charge in [0, 0.05) is 31.0 Å². The van der Waals surface area contributed by atoms with E-state index in [1.165, 1.54) is 0 Å². The van der Waals surface area contributed by atoms with E-state index in [2.05, 4.69) is 31.3 Å². The molecule has 1 fully saturated rings. The third-order valence-electron chi connectivity index (χ3n) is 3.34. The third-order valence-corrected chi connectivity index (χ3v) is 3.34. The Morgan fingerprint density at radius 2 is 2.17 bits per heavy atom. The molecule has 1 aromatic carbocycles. The van der Waals surface area contributed by atoms with E-state index in [4.69, 9.17) is 9.47 Å². The molecule has 2 rings (SSSR count). The number of benzene rings is 1. The largest absolute Gasteiger partial charge is 0.491 e. The van der Waals surface area contributed by atoms with E-state index in [1.807, 2.05) is 12.1 Å². The zero-order valence-electron chi connectivity index (χ0n) is 11.3. The van der Waals surface area contributed by atoms with E-state index >= 15 is 0 Å². The molecule has 18 heavy (non-hydrogen) atoms. The summed E-state index contributed by atoms with van der Waals surface area (Å²) in [6.45, 7) is 5.95. The lowest BCUT2D eigenvalue weighted by molar-refractivity contribution is 0.0904. The second kappa shape index (κ2) is 6.64. The number of hydrogen-bond acceptors (Lipinski definition) is 3. The molecule has 1 heterocycles. The number of ether oxygens (including phenoxy) is 2. The Bertz CT molecular complexity index is 361. The summed E-state index contributed by atoms with van der Waals surface area (Å²) >= 11 is 0. The molecule has 0 saturated carbocycles. The first-order chi connectivity index (χ1) is 8.78. The van der Waals surface area contributed by atoms with Crippen molar-refractivity contribution in [2.45, 2.75) is 45.3 Å². The molecule has 0 spiro atoms. The van der Waals surface area contributed by atoms with Crippen molar-refractivity contribution >= 4 is 5.69 Å². The van der Waals surface area contributed by atoms with Crippen LogP contribution in [0.2, 0.25) is 0 Å². The fourth-order valence-corrected chi connectivity index (χ4v) is 2.05. The summed E-state index contributed by atoms with van der Waals surface area (Å²) < 4.78 is 11.2. The van der Waals surface area contributed by atoms with Gasteiger partial charge in [-0.05, 0) is 38.3 Å². The first kappa shape index (κ1) is 13.2. The Morgan fingerprint density at radius 1 is 1.39 bits per heavy atom. The van der Waals surface area contributed by atoms with Gasteiger partial charge in [-0.15, -0.1) is 0 Å². The molecule has 1 aromatic rings. The van der Waals surface area contributed by atoms with Gasteiger partial charge in [0.1, 0.15) is 5.75 Å². The summed E-state index contributed by atoms with van der Waals surface area (Å²) in [5, 5.41) is 3.55. The van der Waals surface area contributed by atoms with Crippen LogP contribution in [0.15, 0.2) is 24.3 Å². The lowest BCUT2D eigenvalue weighted by Crippen LogP contribution is -2.27. The van der Waals surface area contributed by atoms with Crippen LogP contribution in [0.3, 0.4) is 0 Å². The first-order valence-corrected chi connectivity index (χ1v) is 6.89. The van der Waals surface area contributed by atoms with E-state index in [9.17, 15) is 0 Å². The zero-order chi connectivity index (χ0) is 12.8. The second-order valence-electron chi connectivity index (χ2n) is 4.90. The van der Waals surface area contributed by atoms with Gasteiger partial charge in [-0.25, -0.2) is 0 Å². The van der Waals surface area contributed by atoms with E-state index in [0.29, 0.717) is 6.04 Å². The zero-order valence-corrected chi connectivity index (χ0v) is 11.3. The van der Waals surface area contributed by atoms with Crippen molar-refractivity contribution in [2.24, 2.45) is 0 Å². The molecule has 0 aromatic heterocycles. The Labute approximate surface area is 109 Å². The minimum atomic E-state index is 0.267. The molecule has 0 radical (unpaired) electrons. The van der Waals surface area contributed by atoms with Gasteiger partial charge in [0.05, 0.1) is 6.10 Å². The molecule has 1 atom stereocenters. The molecule has 0 bridgehead atoms. The molecule has 1 saturated heterocycles. The maximum atomic E-state index is 5.83. The third kappa shape index (κ3) is 3.91. The highest BCUT2D eigenvalue weighted by Crippen LogP contribution is 2.21. The normalized spacial score (nSPS) is 18.3. The van der Waals surface area contributed by atoms with E-state index in [0.717, 1.165) is 43.9 Å². The van der Waals surface area contributed by atoms with Crippen LogP contribution >= 0.6 is 0 Å². The molecule has 1 aliphatic rings. The summed E-state index contributed by atoms with van der Waals surface area (Å²) in [6, 6.07) is 8.76. The van der Waals surface area contributed by atoms with Gasteiger partial charge in [-0.3, -0.25) is 0 Å². The molecule has 1 N–H and O–H groups in total. The predicted octanol–water partition coefficient (Wildman–Crippen LogP) is 3.45. The fourth-order valence-electron chi connectivity index (χ4n) is 2.05. The number of rotatable bonds is 5.